The lowest BCUT2D eigenvalue weighted by Crippen LogP contribution is -2.29. The molecular formula is C13H16ClNO4S. The molecule has 7 heteroatoms. The third kappa shape index (κ3) is 2.87. The summed E-state index contributed by atoms with van der Waals surface area (Å²) in [6.45, 7) is 2.81. The second-order valence-corrected chi connectivity index (χ2v) is 7.64. The standard InChI is InChI=1S/C13H16ClNO4S/c14-20(16,17)12-7-10(6-11-13(12)19-9-18-11)8-15-4-2-1-3-5-15/h6-7H,1-5,8-9H2. The molecule has 20 heavy (non-hydrogen) atoms. The Morgan fingerprint density at radius 1 is 1.15 bits per heavy atom. The van der Waals surface area contributed by atoms with E-state index in [-0.39, 0.29) is 17.4 Å². The Balaban J connectivity index is 1.92. The fourth-order valence-corrected chi connectivity index (χ4v) is 3.70. The molecule has 0 unspecified atom stereocenters. The maximum Gasteiger partial charge on any atom is 0.265 e. The number of halogens is 1. The average molecular weight is 318 g/mol. The Labute approximate surface area is 122 Å². The number of piperidine rings is 1. The first-order valence-electron chi connectivity index (χ1n) is 6.63. The number of ether oxygens (including phenoxy) is 2. The van der Waals surface area contributed by atoms with Crippen LogP contribution in [0.1, 0.15) is 24.8 Å². The van der Waals surface area contributed by atoms with E-state index in [1.54, 1.807) is 6.07 Å². The zero-order valence-electron chi connectivity index (χ0n) is 11.0. The summed E-state index contributed by atoms with van der Waals surface area (Å²) >= 11 is 0. The monoisotopic (exact) mass is 317 g/mol. The molecule has 1 fully saturated rings. The SMILES string of the molecule is O=S(=O)(Cl)c1cc(CN2CCCCC2)cc2c1OCO2. The van der Waals surface area contributed by atoms with E-state index in [9.17, 15) is 8.42 Å². The van der Waals surface area contributed by atoms with Crippen LogP contribution in [0.5, 0.6) is 11.5 Å². The van der Waals surface area contributed by atoms with Gasteiger partial charge in [-0.05, 0) is 43.6 Å². The first-order valence-corrected chi connectivity index (χ1v) is 8.94. The van der Waals surface area contributed by atoms with Crippen molar-refractivity contribution in [1.29, 1.82) is 0 Å². The summed E-state index contributed by atoms with van der Waals surface area (Å²) < 4.78 is 33.8. The second-order valence-electron chi connectivity index (χ2n) is 5.10. The van der Waals surface area contributed by atoms with E-state index in [1.165, 1.54) is 19.3 Å². The van der Waals surface area contributed by atoms with E-state index < -0.39 is 9.05 Å². The topological polar surface area (TPSA) is 55.8 Å². The van der Waals surface area contributed by atoms with E-state index >= 15 is 0 Å². The Bertz CT molecular complexity index is 611. The van der Waals surface area contributed by atoms with Crippen LogP contribution in [-0.4, -0.2) is 33.2 Å². The molecule has 2 aliphatic rings. The number of hydrogen-bond donors (Lipinski definition) is 0. The van der Waals surface area contributed by atoms with E-state index in [4.69, 9.17) is 20.2 Å². The zero-order chi connectivity index (χ0) is 14.2. The molecular weight excluding hydrogens is 302 g/mol. The number of rotatable bonds is 3. The van der Waals surface area contributed by atoms with Crippen molar-refractivity contribution in [3.05, 3.63) is 17.7 Å². The molecule has 1 aromatic rings. The summed E-state index contributed by atoms with van der Waals surface area (Å²) in [5.41, 5.74) is 0.885. The second kappa shape index (κ2) is 5.42. The summed E-state index contributed by atoms with van der Waals surface area (Å²) in [5.74, 6) is 0.682. The molecule has 5 nitrogen and oxygen atoms in total. The third-order valence-electron chi connectivity index (χ3n) is 3.62. The van der Waals surface area contributed by atoms with Crippen LogP contribution in [0.2, 0.25) is 0 Å². The van der Waals surface area contributed by atoms with Crippen LogP contribution < -0.4 is 9.47 Å². The lowest BCUT2D eigenvalue weighted by molar-refractivity contribution is 0.172. The number of nitrogens with zero attached hydrogens (tertiary/aromatic N) is 1. The lowest BCUT2D eigenvalue weighted by atomic mass is 10.1. The van der Waals surface area contributed by atoms with Gasteiger partial charge in [0.2, 0.25) is 6.79 Å². The number of fused-ring (bicyclic) bond motifs is 1. The van der Waals surface area contributed by atoms with E-state index in [0.29, 0.717) is 12.3 Å². The molecule has 1 aromatic carbocycles. The summed E-state index contributed by atoms with van der Waals surface area (Å²) in [6, 6.07) is 3.42. The first-order chi connectivity index (χ1) is 9.54. The van der Waals surface area contributed by atoms with Crippen LogP contribution in [0, 0.1) is 0 Å². The molecule has 2 heterocycles. The minimum absolute atomic E-state index is 0.00109. The van der Waals surface area contributed by atoms with Gasteiger partial charge in [-0.15, -0.1) is 0 Å². The molecule has 1 saturated heterocycles. The fraction of sp³-hybridized carbons (Fsp3) is 0.538. The van der Waals surface area contributed by atoms with Crippen molar-refractivity contribution >= 4 is 19.7 Å². The minimum atomic E-state index is -3.84. The van der Waals surface area contributed by atoms with Crippen LogP contribution >= 0.6 is 10.7 Å². The van der Waals surface area contributed by atoms with Gasteiger partial charge in [-0.3, -0.25) is 4.90 Å². The van der Waals surface area contributed by atoms with Gasteiger partial charge in [-0.2, -0.15) is 0 Å². The minimum Gasteiger partial charge on any atom is -0.454 e. The largest absolute Gasteiger partial charge is 0.454 e. The lowest BCUT2D eigenvalue weighted by Gasteiger charge is -2.26. The van der Waals surface area contributed by atoms with Crippen molar-refractivity contribution in [2.45, 2.75) is 30.7 Å². The highest BCUT2D eigenvalue weighted by molar-refractivity contribution is 8.13. The van der Waals surface area contributed by atoms with E-state index in [0.717, 1.165) is 18.7 Å². The molecule has 0 radical (unpaired) electrons. The van der Waals surface area contributed by atoms with Crippen LogP contribution in [0.25, 0.3) is 0 Å². The predicted molar refractivity (Wildman–Crippen MR) is 74.7 cm³/mol. The Kier molecular flexibility index (Phi) is 3.79. The van der Waals surface area contributed by atoms with Crippen molar-refractivity contribution in [2.75, 3.05) is 19.9 Å². The molecule has 3 rings (SSSR count). The molecule has 0 saturated carbocycles. The highest BCUT2D eigenvalue weighted by Gasteiger charge is 2.27. The first kappa shape index (κ1) is 14.0. The van der Waals surface area contributed by atoms with Gasteiger partial charge in [-0.25, -0.2) is 8.42 Å². The summed E-state index contributed by atoms with van der Waals surface area (Å²) in [7, 11) is 1.64. The highest BCUT2D eigenvalue weighted by atomic mass is 35.7. The molecule has 110 valence electrons. The Morgan fingerprint density at radius 3 is 2.60 bits per heavy atom. The van der Waals surface area contributed by atoms with Gasteiger partial charge in [-0.1, -0.05) is 6.42 Å². The van der Waals surface area contributed by atoms with Crippen LogP contribution in [0.15, 0.2) is 17.0 Å². The maximum absolute atomic E-state index is 11.7. The van der Waals surface area contributed by atoms with Gasteiger partial charge in [0.25, 0.3) is 9.05 Å². The van der Waals surface area contributed by atoms with Crippen molar-refractivity contribution < 1.29 is 17.9 Å². The number of hydrogen-bond acceptors (Lipinski definition) is 5. The molecule has 0 bridgehead atoms. The summed E-state index contributed by atoms with van der Waals surface area (Å²) in [5, 5.41) is 0. The molecule has 0 atom stereocenters. The van der Waals surface area contributed by atoms with E-state index in [1.807, 2.05) is 6.07 Å². The van der Waals surface area contributed by atoms with Gasteiger partial charge in [0.1, 0.15) is 4.90 Å². The predicted octanol–water partition coefficient (Wildman–Crippen LogP) is 2.33. The molecule has 0 amide bonds. The van der Waals surface area contributed by atoms with Crippen molar-refractivity contribution in [2.24, 2.45) is 0 Å². The maximum atomic E-state index is 11.7. The van der Waals surface area contributed by atoms with Gasteiger partial charge >= 0.3 is 0 Å². The molecule has 0 N–H and O–H groups in total. The normalized spacial score (nSPS) is 19.2. The van der Waals surface area contributed by atoms with Gasteiger partial charge in [0, 0.05) is 17.2 Å². The Hall–Kier alpha value is -0.980. The molecule has 2 aliphatic heterocycles. The third-order valence-corrected chi connectivity index (χ3v) is 4.94. The van der Waals surface area contributed by atoms with Gasteiger partial charge in [0.05, 0.1) is 0 Å². The fourth-order valence-electron chi connectivity index (χ4n) is 2.68. The number of likely N-dealkylation sites (tertiary alicyclic amines) is 1. The highest BCUT2D eigenvalue weighted by Crippen LogP contribution is 2.41. The van der Waals surface area contributed by atoms with Crippen LogP contribution in [0.3, 0.4) is 0 Å². The van der Waals surface area contributed by atoms with Crippen LogP contribution in [0.4, 0.5) is 0 Å². The molecule has 0 aliphatic carbocycles. The quantitative estimate of drug-likeness (QED) is 0.801. The van der Waals surface area contributed by atoms with Gasteiger partial charge in [0.15, 0.2) is 11.5 Å². The zero-order valence-corrected chi connectivity index (χ0v) is 12.5. The van der Waals surface area contributed by atoms with E-state index in [2.05, 4.69) is 4.90 Å². The van der Waals surface area contributed by atoms with Gasteiger partial charge < -0.3 is 9.47 Å². The molecule has 0 aromatic heterocycles. The Morgan fingerprint density at radius 2 is 1.90 bits per heavy atom. The van der Waals surface area contributed by atoms with Crippen LogP contribution in [-0.2, 0) is 15.6 Å². The number of benzene rings is 1. The molecule has 0 spiro atoms. The van der Waals surface area contributed by atoms with Crippen molar-refractivity contribution in [1.82, 2.24) is 4.90 Å². The smallest absolute Gasteiger partial charge is 0.265 e. The average Bonchev–Trinajstić information content (AvgIpc) is 2.86. The van der Waals surface area contributed by atoms with Crippen molar-refractivity contribution in [3.8, 4) is 11.5 Å². The summed E-state index contributed by atoms with van der Waals surface area (Å²) in [4.78, 5) is 2.31. The van der Waals surface area contributed by atoms with Crippen molar-refractivity contribution in [3.63, 3.8) is 0 Å². The summed E-state index contributed by atoms with van der Waals surface area (Å²) in [6.07, 6.45) is 3.63.